The molecule has 7 heteroatoms. The van der Waals surface area contributed by atoms with Gasteiger partial charge in [0.15, 0.2) is 6.10 Å². The number of benzene rings is 1. The van der Waals surface area contributed by atoms with Crippen molar-refractivity contribution in [3.63, 3.8) is 0 Å². The normalized spacial score (nSPS) is 20.3. The van der Waals surface area contributed by atoms with Crippen molar-refractivity contribution in [2.24, 2.45) is 5.92 Å². The molecule has 0 aromatic heterocycles. The molecular weight excluding hydrogens is 336 g/mol. The molecule has 1 aliphatic rings. The summed E-state index contributed by atoms with van der Waals surface area (Å²) in [6, 6.07) is 7.33. The summed E-state index contributed by atoms with van der Waals surface area (Å²) in [4.78, 5) is 35.6. The maximum atomic E-state index is 12.2. The number of esters is 1. The van der Waals surface area contributed by atoms with Gasteiger partial charge >= 0.3 is 5.97 Å². The van der Waals surface area contributed by atoms with Gasteiger partial charge < -0.3 is 20.1 Å². The minimum Gasteiger partial charge on any atom is -0.467 e. The van der Waals surface area contributed by atoms with E-state index >= 15 is 0 Å². The van der Waals surface area contributed by atoms with Gasteiger partial charge in [-0.05, 0) is 37.0 Å². The topological polar surface area (TPSA) is 93.7 Å². The Balaban J connectivity index is 1.86. The molecule has 0 aliphatic carbocycles. The molecule has 1 saturated heterocycles. The van der Waals surface area contributed by atoms with E-state index in [1.54, 1.807) is 0 Å². The molecule has 1 aliphatic heterocycles. The number of amides is 2. The summed E-state index contributed by atoms with van der Waals surface area (Å²) in [6.45, 7) is 4.16. The molecule has 2 amide bonds. The van der Waals surface area contributed by atoms with Gasteiger partial charge in [-0.2, -0.15) is 0 Å². The average Bonchev–Trinajstić information content (AvgIpc) is 3.15. The molecule has 142 valence electrons. The van der Waals surface area contributed by atoms with Gasteiger partial charge in [0.2, 0.25) is 11.8 Å². The van der Waals surface area contributed by atoms with Crippen molar-refractivity contribution in [1.29, 1.82) is 0 Å². The van der Waals surface area contributed by atoms with Crippen molar-refractivity contribution < 1.29 is 23.9 Å². The predicted molar refractivity (Wildman–Crippen MR) is 96.3 cm³/mol. The first-order valence-corrected chi connectivity index (χ1v) is 8.85. The summed E-state index contributed by atoms with van der Waals surface area (Å²) in [5.74, 6) is -0.793. The number of carbonyl (C=O) groups is 3. The van der Waals surface area contributed by atoms with Gasteiger partial charge in [-0.1, -0.05) is 26.0 Å². The van der Waals surface area contributed by atoms with Crippen LogP contribution < -0.4 is 10.6 Å². The molecule has 0 radical (unpaired) electrons. The average molecular weight is 362 g/mol. The van der Waals surface area contributed by atoms with Gasteiger partial charge in [0.1, 0.15) is 6.10 Å². The molecule has 2 rings (SSSR count). The van der Waals surface area contributed by atoms with E-state index in [9.17, 15) is 14.4 Å². The van der Waals surface area contributed by atoms with Crippen LogP contribution in [-0.4, -0.2) is 37.1 Å². The number of carbonyl (C=O) groups excluding carboxylic acids is 3. The fraction of sp³-hybridized carbons (Fsp3) is 0.526. The van der Waals surface area contributed by atoms with Crippen LogP contribution in [0.1, 0.15) is 38.7 Å². The first-order valence-electron chi connectivity index (χ1n) is 8.85. The standard InChI is InChI=1S/C19H26N2O5/c1-4-12(2)17(22)21-14-7-5-6-13(10-14)11-20-18(23)15-8-9-16(26-15)19(24)25-3/h5-7,10,12,15-16H,4,8-9,11H2,1-3H3,(H,20,23)(H,21,22)/t12-,15+,16-/m1/s1. The first kappa shape index (κ1) is 19.9. The van der Waals surface area contributed by atoms with Gasteiger partial charge in [0, 0.05) is 18.2 Å². The van der Waals surface area contributed by atoms with Gasteiger partial charge in [-0.15, -0.1) is 0 Å². The van der Waals surface area contributed by atoms with Crippen LogP contribution in [0.3, 0.4) is 0 Å². The van der Waals surface area contributed by atoms with Crippen LogP contribution in [0.5, 0.6) is 0 Å². The Morgan fingerprint density at radius 2 is 2.00 bits per heavy atom. The lowest BCUT2D eigenvalue weighted by Gasteiger charge is -2.14. The number of hydrogen-bond donors (Lipinski definition) is 2. The number of anilines is 1. The molecule has 0 unspecified atom stereocenters. The minimum absolute atomic E-state index is 0.0260. The Kier molecular flexibility index (Phi) is 7.15. The van der Waals surface area contributed by atoms with Crippen LogP contribution in [0.2, 0.25) is 0 Å². The summed E-state index contributed by atoms with van der Waals surface area (Å²) in [7, 11) is 1.30. The van der Waals surface area contributed by atoms with Crippen molar-refractivity contribution in [2.45, 2.75) is 51.9 Å². The van der Waals surface area contributed by atoms with E-state index in [2.05, 4.69) is 15.4 Å². The Morgan fingerprint density at radius 1 is 1.27 bits per heavy atom. The molecule has 7 nitrogen and oxygen atoms in total. The Morgan fingerprint density at radius 3 is 2.69 bits per heavy atom. The van der Waals surface area contributed by atoms with Crippen molar-refractivity contribution in [2.75, 3.05) is 12.4 Å². The highest BCUT2D eigenvalue weighted by atomic mass is 16.6. The van der Waals surface area contributed by atoms with E-state index in [4.69, 9.17) is 4.74 Å². The summed E-state index contributed by atoms with van der Waals surface area (Å²) >= 11 is 0. The van der Waals surface area contributed by atoms with Crippen molar-refractivity contribution in [1.82, 2.24) is 5.32 Å². The highest BCUT2D eigenvalue weighted by molar-refractivity contribution is 5.92. The maximum Gasteiger partial charge on any atom is 0.335 e. The molecule has 0 saturated carbocycles. The van der Waals surface area contributed by atoms with E-state index in [0.29, 0.717) is 25.1 Å². The van der Waals surface area contributed by atoms with Crippen LogP contribution in [0, 0.1) is 5.92 Å². The van der Waals surface area contributed by atoms with Gasteiger partial charge in [0.25, 0.3) is 0 Å². The van der Waals surface area contributed by atoms with Gasteiger partial charge in [0.05, 0.1) is 7.11 Å². The van der Waals surface area contributed by atoms with Crippen LogP contribution in [-0.2, 0) is 30.4 Å². The second-order valence-electron chi connectivity index (χ2n) is 6.43. The van der Waals surface area contributed by atoms with Crippen LogP contribution in [0.4, 0.5) is 5.69 Å². The fourth-order valence-corrected chi connectivity index (χ4v) is 2.65. The lowest BCUT2D eigenvalue weighted by Crippen LogP contribution is -2.35. The molecule has 26 heavy (non-hydrogen) atoms. The predicted octanol–water partition coefficient (Wildman–Crippen LogP) is 2.01. The summed E-state index contributed by atoms with van der Waals surface area (Å²) < 4.78 is 10.1. The summed E-state index contributed by atoms with van der Waals surface area (Å²) in [5, 5.41) is 5.68. The third-order valence-electron chi connectivity index (χ3n) is 4.50. The van der Waals surface area contributed by atoms with E-state index in [-0.39, 0.29) is 17.7 Å². The maximum absolute atomic E-state index is 12.2. The zero-order chi connectivity index (χ0) is 19.1. The van der Waals surface area contributed by atoms with Crippen LogP contribution in [0.15, 0.2) is 24.3 Å². The van der Waals surface area contributed by atoms with E-state index < -0.39 is 18.2 Å². The molecule has 0 bridgehead atoms. The summed E-state index contributed by atoms with van der Waals surface area (Å²) in [5.41, 5.74) is 1.56. The van der Waals surface area contributed by atoms with Gasteiger partial charge in [-0.25, -0.2) is 4.79 Å². The van der Waals surface area contributed by atoms with Crippen LogP contribution >= 0.6 is 0 Å². The molecule has 1 aromatic rings. The monoisotopic (exact) mass is 362 g/mol. The second-order valence-corrected chi connectivity index (χ2v) is 6.43. The molecule has 1 aromatic carbocycles. The highest BCUT2D eigenvalue weighted by Crippen LogP contribution is 2.21. The van der Waals surface area contributed by atoms with Crippen LogP contribution in [0.25, 0.3) is 0 Å². The first-order chi connectivity index (χ1) is 12.4. The molecule has 3 atom stereocenters. The largest absolute Gasteiger partial charge is 0.467 e. The highest BCUT2D eigenvalue weighted by Gasteiger charge is 2.35. The smallest absolute Gasteiger partial charge is 0.335 e. The number of methoxy groups -OCH3 is 1. The van der Waals surface area contributed by atoms with E-state index in [1.165, 1.54) is 7.11 Å². The number of ether oxygens (including phenoxy) is 2. The summed E-state index contributed by atoms with van der Waals surface area (Å²) in [6.07, 6.45) is 0.413. The van der Waals surface area contributed by atoms with Gasteiger partial charge in [-0.3, -0.25) is 9.59 Å². The van der Waals surface area contributed by atoms with E-state index in [0.717, 1.165) is 12.0 Å². The third-order valence-corrected chi connectivity index (χ3v) is 4.50. The molecule has 1 heterocycles. The Bertz CT molecular complexity index is 661. The van der Waals surface area contributed by atoms with Crippen molar-refractivity contribution >= 4 is 23.5 Å². The van der Waals surface area contributed by atoms with Crippen molar-refractivity contribution in [3.8, 4) is 0 Å². The van der Waals surface area contributed by atoms with Crippen molar-refractivity contribution in [3.05, 3.63) is 29.8 Å². The zero-order valence-corrected chi connectivity index (χ0v) is 15.4. The van der Waals surface area contributed by atoms with E-state index in [1.807, 2.05) is 38.1 Å². The number of nitrogens with one attached hydrogen (secondary N) is 2. The number of rotatable bonds is 7. The lowest BCUT2D eigenvalue weighted by molar-refractivity contribution is -0.155. The third kappa shape index (κ3) is 5.29. The zero-order valence-electron chi connectivity index (χ0n) is 15.4. The molecule has 2 N–H and O–H groups in total. The lowest BCUT2D eigenvalue weighted by atomic mass is 10.1. The quantitative estimate of drug-likeness (QED) is 0.724. The Labute approximate surface area is 153 Å². The number of hydrogen-bond acceptors (Lipinski definition) is 5. The minimum atomic E-state index is -0.671. The molecular formula is C19H26N2O5. The SMILES string of the molecule is CC[C@@H](C)C(=O)Nc1cccc(CNC(=O)[C@@H]2CC[C@H](C(=O)OC)O2)c1. The molecule has 0 spiro atoms. The second kappa shape index (κ2) is 9.33. The Hall–Kier alpha value is -2.41. The molecule has 1 fully saturated rings. The fourth-order valence-electron chi connectivity index (χ4n) is 2.65.